The van der Waals surface area contributed by atoms with Crippen LogP contribution in [-0.4, -0.2) is 15.7 Å². The number of aromatic nitrogens is 2. The summed E-state index contributed by atoms with van der Waals surface area (Å²) < 4.78 is 38.4. The maximum absolute atomic E-state index is 12.5. The average molecular weight is 259 g/mol. The van der Waals surface area contributed by atoms with Crippen molar-refractivity contribution in [3.8, 4) is 0 Å². The molecule has 0 spiro atoms. The summed E-state index contributed by atoms with van der Waals surface area (Å²) in [4.78, 5) is 0. The molecule has 7 heteroatoms. The molecule has 0 aliphatic heterocycles. The lowest BCUT2D eigenvalue weighted by atomic mass is 10.2. The molecule has 0 saturated carbocycles. The van der Waals surface area contributed by atoms with Gasteiger partial charge in [0.25, 0.3) is 0 Å². The van der Waals surface area contributed by atoms with Crippen LogP contribution in [0.4, 0.5) is 13.2 Å². The molecular formula is C8H7Cl2F3N2. The first-order valence-corrected chi connectivity index (χ1v) is 4.81. The predicted octanol–water partition coefficient (Wildman–Crippen LogP) is 3.34. The smallest absolute Gasteiger partial charge is 0.256 e. The zero-order valence-electron chi connectivity index (χ0n) is 7.65. The number of rotatable bonds is 2. The Hall–Kier alpha value is -0.680. The van der Waals surface area contributed by atoms with Gasteiger partial charge < -0.3 is 0 Å². The quantitative estimate of drug-likeness (QED) is 0.745. The van der Waals surface area contributed by atoms with Crippen molar-refractivity contribution in [3.05, 3.63) is 22.5 Å². The van der Waals surface area contributed by atoms with Crippen LogP contribution in [0.2, 0.25) is 5.15 Å². The summed E-state index contributed by atoms with van der Waals surface area (Å²) in [5.74, 6) is 0.114. The van der Waals surface area contributed by atoms with E-state index >= 15 is 0 Å². The Labute approximate surface area is 94.3 Å². The predicted molar refractivity (Wildman–Crippen MR) is 53.0 cm³/mol. The largest absolute Gasteiger partial charge is 0.435 e. The summed E-state index contributed by atoms with van der Waals surface area (Å²) in [7, 11) is 1.34. The summed E-state index contributed by atoms with van der Waals surface area (Å²) in [5, 5.41) is 3.23. The van der Waals surface area contributed by atoms with Crippen molar-refractivity contribution in [2.75, 3.05) is 5.88 Å². The Morgan fingerprint density at radius 3 is 2.53 bits per heavy atom. The number of allylic oxidation sites excluding steroid dienone is 1. The Kier molecular flexibility index (Phi) is 3.67. The average Bonchev–Trinajstić information content (AvgIpc) is 2.40. The molecule has 84 valence electrons. The van der Waals surface area contributed by atoms with Gasteiger partial charge in [0, 0.05) is 18.5 Å². The van der Waals surface area contributed by atoms with Crippen molar-refractivity contribution in [2.45, 2.75) is 6.18 Å². The van der Waals surface area contributed by atoms with Crippen LogP contribution >= 0.6 is 23.2 Å². The van der Waals surface area contributed by atoms with Gasteiger partial charge in [-0.15, -0.1) is 11.6 Å². The van der Waals surface area contributed by atoms with E-state index in [1.807, 2.05) is 0 Å². The Balaban J connectivity index is 3.27. The van der Waals surface area contributed by atoms with Crippen molar-refractivity contribution >= 4 is 29.3 Å². The minimum absolute atomic E-state index is 0.0660. The number of halogens is 5. The molecule has 0 fully saturated rings. The lowest BCUT2D eigenvalue weighted by Gasteiger charge is -2.02. The third-order valence-electron chi connectivity index (χ3n) is 1.65. The van der Waals surface area contributed by atoms with Crippen LogP contribution in [0.15, 0.2) is 6.08 Å². The molecule has 0 bridgehead atoms. The number of hydrogen-bond acceptors (Lipinski definition) is 1. The van der Waals surface area contributed by atoms with Gasteiger partial charge in [-0.05, 0) is 0 Å². The maximum atomic E-state index is 12.5. The highest BCUT2D eigenvalue weighted by Gasteiger charge is 2.37. The SMILES string of the molecule is Cn1nc(C(F)(F)F)c(C=CCCl)c1Cl. The molecule has 0 saturated heterocycles. The zero-order valence-corrected chi connectivity index (χ0v) is 9.16. The molecule has 0 aromatic carbocycles. The van der Waals surface area contributed by atoms with E-state index in [1.165, 1.54) is 19.2 Å². The van der Waals surface area contributed by atoms with Crippen LogP contribution in [0, 0.1) is 0 Å². The molecule has 0 N–H and O–H groups in total. The van der Waals surface area contributed by atoms with Crippen molar-refractivity contribution in [3.63, 3.8) is 0 Å². The molecule has 0 unspecified atom stereocenters. The molecule has 0 radical (unpaired) electrons. The van der Waals surface area contributed by atoms with E-state index in [0.717, 1.165) is 4.68 Å². The lowest BCUT2D eigenvalue weighted by molar-refractivity contribution is -0.141. The van der Waals surface area contributed by atoms with E-state index in [4.69, 9.17) is 23.2 Å². The molecule has 1 rings (SSSR count). The van der Waals surface area contributed by atoms with Gasteiger partial charge >= 0.3 is 6.18 Å². The molecule has 0 atom stereocenters. The molecule has 1 aromatic heterocycles. The Bertz CT molecular complexity index is 382. The normalized spacial score (nSPS) is 12.7. The van der Waals surface area contributed by atoms with E-state index in [1.54, 1.807) is 0 Å². The van der Waals surface area contributed by atoms with Gasteiger partial charge in [-0.1, -0.05) is 23.8 Å². The number of nitrogens with zero attached hydrogens (tertiary/aromatic N) is 2. The summed E-state index contributed by atoms with van der Waals surface area (Å²) in [6, 6.07) is 0. The van der Waals surface area contributed by atoms with Gasteiger partial charge in [-0.2, -0.15) is 18.3 Å². The highest BCUT2D eigenvalue weighted by Crippen LogP contribution is 2.34. The van der Waals surface area contributed by atoms with Crippen LogP contribution < -0.4 is 0 Å². The summed E-state index contributed by atoms with van der Waals surface area (Å²) in [6.45, 7) is 0. The van der Waals surface area contributed by atoms with Gasteiger partial charge in [-0.25, -0.2) is 0 Å². The highest BCUT2D eigenvalue weighted by molar-refractivity contribution is 6.31. The van der Waals surface area contributed by atoms with E-state index in [-0.39, 0.29) is 16.6 Å². The van der Waals surface area contributed by atoms with Crippen LogP contribution in [-0.2, 0) is 13.2 Å². The minimum Gasteiger partial charge on any atom is -0.256 e. The Morgan fingerprint density at radius 1 is 1.47 bits per heavy atom. The van der Waals surface area contributed by atoms with E-state index in [2.05, 4.69) is 5.10 Å². The fourth-order valence-electron chi connectivity index (χ4n) is 1.04. The van der Waals surface area contributed by atoms with Gasteiger partial charge in [0.05, 0.1) is 0 Å². The minimum atomic E-state index is -4.52. The molecule has 15 heavy (non-hydrogen) atoms. The van der Waals surface area contributed by atoms with Crippen molar-refractivity contribution in [1.82, 2.24) is 9.78 Å². The van der Waals surface area contributed by atoms with Gasteiger partial charge in [0.1, 0.15) is 5.15 Å². The fourth-order valence-corrected chi connectivity index (χ4v) is 1.32. The highest BCUT2D eigenvalue weighted by atomic mass is 35.5. The number of aryl methyl sites for hydroxylation is 1. The maximum Gasteiger partial charge on any atom is 0.435 e. The van der Waals surface area contributed by atoms with E-state index < -0.39 is 11.9 Å². The van der Waals surface area contributed by atoms with E-state index in [0.29, 0.717) is 0 Å². The zero-order chi connectivity index (χ0) is 11.6. The lowest BCUT2D eigenvalue weighted by Crippen LogP contribution is -2.08. The van der Waals surface area contributed by atoms with Crippen molar-refractivity contribution < 1.29 is 13.2 Å². The molecule has 0 aliphatic carbocycles. The van der Waals surface area contributed by atoms with E-state index in [9.17, 15) is 13.2 Å². The fraction of sp³-hybridized carbons (Fsp3) is 0.375. The first-order valence-electron chi connectivity index (χ1n) is 3.90. The standard InChI is InChI=1S/C8H7Cl2F3N2/c1-15-7(10)5(3-2-4-9)6(14-15)8(11,12)13/h2-3H,4H2,1H3. The molecule has 0 aliphatic rings. The summed E-state index contributed by atoms with van der Waals surface area (Å²) >= 11 is 11.0. The second kappa shape index (κ2) is 4.45. The van der Waals surface area contributed by atoms with Crippen molar-refractivity contribution in [1.29, 1.82) is 0 Å². The third kappa shape index (κ3) is 2.66. The number of alkyl halides is 4. The molecule has 2 nitrogen and oxygen atoms in total. The second-order valence-electron chi connectivity index (χ2n) is 2.73. The Morgan fingerprint density at radius 2 is 2.07 bits per heavy atom. The second-order valence-corrected chi connectivity index (χ2v) is 3.40. The van der Waals surface area contributed by atoms with Gasteiger partial charge in [0.2, 0.25) is 0 Å². The van der Waals surface area contributed by atoms with Crippen LogP contribution in [0.3, 0.4) is 0 Å². The number of hydrogen-bond donors (Lipinski definition) is 0. The molecule has 0 amide bonds. The van der Waals surface area contributed by atoms with Crippen LogP contribution in [0.25, 0.3) is 6.08 Å². The first-order chi connectivity index (χ1) is 6.88. The summed E-state index contributed by atoms with van der Waals surface area (Å²) in [5.41, 5.74) is -1.16. The van der Waals surface area contributed by atoms with Gasteiger partial charge in [-0.3, -0.25) is 4.68 Å². The third-order valence-corrected chi connectivity index (χ3v) is 2.28. The molecular weight excluding hydrogens is 252 g/mol. The molecule has 1 heterocycles. The first kappa shape index (κ1) is 12.4. The summed E-state index contributed by atoms with van der Waals surface area (Å²) in [6.07, 6.45) is -1.93. The van der Waals surface area contributed by atoms with Crippen LogP contribution in [0.1, 0.15) is 11.3 Å². The van der Waals surface area contributed by atoms with Crippen molar-refractivity contribution in [2.24, 2.45) is 7.05 Å². The van der Waals surface area contributed by atoms with Crippen LogP contribution in [0.5, 0.6) is 0 Å². The molecule has 1 aromatic rings. The van der Waals surface area contributed by atoms with Gasteiger partial charge in [0.15, 0.2) is 5.69 Å². The monoisotopic (exact) mass is 258 g/mol. The topological polar surface area (TPSA) is 17.8 Å².